The fourth-order valence-corrected chi connectivity index (χ4v) is 1.26. The molecule has 1 fully saturated rings. The van der Waals surface area contributed by atoms with Gasteiger partial charge in [0.15, 0.2) is 0 Å². The average molecular weight is 174 g/mol. The SMILES string of the molecule is CC(S)N1C(=O)CNCC1=O. The lowest BCUT2D eigenvalue weighted by atomic mass is 10.3. The number of rotatable bonds is 1. The van der Waals surface area contributed by atoms with E-state index >= 15 is 0 Å². The molecule has 4 nitrogen and oxygen atoms in total. The number of amides is 2. The van der Waals surface area contributed by atoms with Crippen molar-refractivity contribution in [1.82, 2.24) is 10.2 Å². The molecule has 1 N–H and O–H groups in total. The highest BCUT2D eigenvalue weighted by Gasteiger charge is 2.27. The average Bonchev–Trinajstić information content (AvgIpc) is 1.85. The number of carbonyl (C=O) groups excluding carboxylic acids is 2. The van der Waals surface area contributed by atoms with Crippen molar-refractivity contribution < 1.29 is 9.59 Å². The monoisotopic (exact) mass is 174 g/mol. The van der Waals surface area contributed by atoms with Gasteiger partial charge in [0.1, 0.15) is 0 Å². The van der Waals surface area contributed by atoms with Crippen LogP contribution in [0.4, 0.5) is 0 Å². The van der Waals surface area contributed by atoms with Crippen molar-refractivity contribution in [3.05, 3.63) is 0 Å². The molecule has 0 aromatic heterocycles. The largest absolute Gasteiger partial charge is 0.300 e. The summed E-state index contributed by atoms with van der Waals surface area (Å²) in [6.07, 6.45) is 0. The summed E-state index contributed by atoms with van der Waals surface area (Å²) in [7, 11) is 0. The predicted molar refractivity (Wildman–Crippen MR) is 43.2 cm³/mol. The molecule has 1 unspecified atom stereocenters. The molecule has 0 aromatic rings. The molecule has 1 atom stereocenters. The van der Waals surface area contributed by atoms with Crippen LogP contribution in [0.1, 0.15) is 6.92 Å². The van der Waals surface area contributed by atoms with Gasteiger partial charge in [-0.2, -0.15) is 12.6 Å². The molecule has 0 radical (unpaired) electrons. The summed E-state index contributed by atoms with van der Waals surface area (Å²) in [5.41, 5.74) is 0. The first-order valence-corrected chi connectivity index (χ1v) is 3.88. The number of carbonyl (C=O) groups is 2. The maximum Gasteiger partial charge on any atom is 0.244 e. The Balaban J connectivity index is 2.71. The lowest BCUT2D eigenvalue weighted by Gasteiger charge is -2.27. The molecule has 11 heavy (non-hydrogen) atoms. The van der Waals surface area contributed by atoms with Crippen molar-refractivity contribution in [3.8, 4) is 0 Å². The van der Waals surface area contributed by atoms with E-state index in [1.54, 1.807) is 6.92 Å². The van der Waals surface area contributed by atoms with Gasteiger partial charge in [0.05, 0.1) is 18.5 Å². The van der Waals surface area contributed by atoms with E-state index in [1.165, 1.54) is 4.90 Å². The van der Waals surface area contributed by atoms with Gasteiger partial charge in [0, 0.05) is 0 Å². The van der Waals surface area contributed by atoms with Crippen LogP contribution in [0.25, 0.3) is 0 Å². The van der Waals surface area contributed by atoms with E-state index in [-0.39, 0.29) is 30.3 Å². The summed E-state index contributed by atoms with van der Waals surface area (Å²) < 4.78 is 0. The molecular formula is C6H10N2O2S. The topological polar surface area (TPSA) is 49.4 Å². The van der Waals surface area contributed by atoms with Crippen LogP contribution in [0, 0.1) is 0 Å². The van der Waals surface area contributed by atoms with E-state index in [0.29, 0.717) is 0 Å². The van der Waals surface area contributed by atoms with Gasteiger partial charge < -0.3 is 0 Å². The molecule has 0 spiro atoms. The Morgan fingerprint density at radius 1 is 1.45 bits per heavy atom. The number of nitrogens with zero attached hydrogens (tertiary/aromatic N) is 1. The van der Waals surface area contributed by atoms with E-state index in [9.17, 15) is 9.59 Å². The quantitative estimate of drug-likeness (QED) is 0.405. The fraction of sp³-hybridized carbons (Fsp3) is 0.667. The number of hydrogen-bond acceptors (Lipinski definition) is 4. The van der Waals surface area contributed by atoms with Crippen molar-refractivity contribution >= 4 is 24.4 Å². The Bertz CT molecular complexity index is 177. The number of hydrogen-bond donors (Lipinski definition) is 2. The maximum atomic E-state index is 11.0. The van der Waals surface area contributed by atoms with E-state index in [0.717, 1.165) is 0 Å². The zero-order valence-corrected chi connectivity index (χ0v) is 7.10. The van der Waals surface area contributed by atoms with Crippen molar-refractivity contribution in [2.45, 2.75) is 12.3 Å². The number of nitrogens with one attached hydrogen (secondary N) is 1. The lowest BCUT2D eigenvalue weighted by Crippen LogP contribution is -2.54. The van der Waals surface area contributed by atoms with Gasteiger partial charge in [-0.15, -0.1) is 0 Å². The first-order chi connectivity index (χ1) is 5.13. The summed E-state index contributed by atoms with van der Waals surface area (Å²) in [6, 6.07) is 0. The molecule has 0 aromatic carbocycles. The summed E-state index contributed by atoms with van der Waals surface area (Å²) in [6.45, 7) is 2.16. The minimum atomic E-state index is -0.322. The molecule has 5 heteroatoms. The predicted octanol–water partition coefficient (Wildman–Crippen LogP) is -0.779. The van der Waals surface area contributed by atoms with Crippen LogP contribution in [-0.4, -0.2) is 35.2 Å². The van der Waals surface area contributed by atoms with Crippen LogP contribution in [0.15, 0.2) is 0 Å². The second-order valence-electron chi connectivity index (χ2n) is 2.39. The Kier molecular flexibility index (Phi) is 2.51. The van der Waals surface area contributed by atoms with Crippen LogP contribution < -0.4 is 5.32 Å². The van der Waals surface area contributed by atoms with Crippen molar-refractivity contribution in [2.24, 2.45) is 0 Å². The second-order valence-corrected chi connectivity index (χ2v) is 3.14. The van der Waals surface area contributed by atoms with E-state index in [2.05, 4.69) is 17.9 Å². The molecular weight excluding hydrogens is 164 g/mol. The smallest absolute Gasteiger partial charge is 0.244 e. The van der Waals surface area contributed by atoms with Crippen LogP contribution in [0.5, 0.6) is 0 Å². The Morgan fingerprint density at radius 3 is 2.18 bits per heavy atom. The minimum Gasteiger partial charge on any atom is -0.300 e. The highest BCUT2D eigenvalue weighted by molar-refractivity contribution is 7.80. The van der Waals surface area contributed by atoms with Crippen molar-refractivity contribution in [3.63, 3.8) is 0 Å². The summed E-state index contributed by atoms with van der Waals surface area (Å²) in [4.78, 5) is 23.2. The fourth-order valence-electron chi connectivity index (χ4n) is 1.00. The molecule has 0 aliphatic carbocycles. The third-order valence-corrected chi connectivity index (χ3v) is 1.69. The van der Waals surface area contributed by atoms with Gasteiger partial charge in [-0.3, -0.25) is 19.8 Å². The molecule has 1 rings (SSSR count). The van der Waals surface area contributed by atoms with Gasteiger partial charge in [-0.05, 0) is 6.92 Å². The maximum absolute atomic E-state index is 11.0. The van der Waals surface area contributed by atoms with E-state index < -0.39 is 0 Å². The number of piperazine rings is 1. The van der Waals surface area contributed by atoms with Crippen LogP contribution in [-0.2, 0) is 9.59 Å². The van der Waals surface area contributed by atoms with Crippen LogP contribution >= 0.6 is 12.6 Å². The molecule has 1 saturated heterocycles. The highest BCUT2D eigenvalue weighted by Crippen LogP contribution is 2.06. The molecule has 0 bridgehead atoms. The first-order valence-electron chi connectivity index (χ1n) is 3.36. The van der Waals surface area contributed by atoms with Gasteiger partial charge in [0.2, 0.25) is 11.8 Å². The number of thiol groups is 1. The zero-order valence-electron chi connectivity index (χ0n) is 6.20. The van der Waals surface area contributed by atoms with Gasteiger partial charge in [-0.25, -0.2) is 0 Å². The highest BCUT2D eigenvalue weighted by atomic mass is 32.1. The molecule has 1 aliphatic rings. The third kappa shape index (κ3) is 1.72. The summed E-state index contributed by atoms with van der Waals surface area (Å²) in [5, 5.41) is 2.37. The molecule has 62 valence electrons. The molecule has 1 heterocycles. The van der Waals surface area contributed by atoms with Gasteiger partial charge in [-0.1, -0.05) is 0 Å². The molecule has 0 saturated carbocycles. The normalized spacial score (nSPS) is 22.2. The van der Waals surface area contributed by atoms with Crippen molar-refractivity contribution in [2.75, 3.05) is 13.1 Å². The first kappa shape index (κ1) is 8.55. The van der Waals surface area contributed by atoms with Gasteiger partial charge in [0.25, 0.3) is 0 Å². The molecule has 1 aliphatic heterocycles. The Labute approximate surface area is 70.3 Å². The van der Waals surface area contributed by atoms with Crippen molar-refractivity contribution in [1.29, 1.82) is 0 Å². The van der Waals surface area contributed by atoms with Crippen LogP contribution in [0.2, 0.25) is 0 Å². The number of imide groups is 1. The van der Waals surface area contributed by atoms with E-state index in [4.69, 9.17) is 0 Å². The lowest BCUT2D eigenvalue weighted by molar-refractivity contribution is -0.146. The summed E-state index contributed by atoms with van der Waals surface area (Å²) in [5.74, 6) is -0.410. The third-order valence-electron chi connectivity index (χ3n) is 1.46. The second kappa shape index (κ2) is 3.23. The summed E-state index contributed by atoms with van der Waals surface area (Å²) >= 11 is 4.02. The molecule has 2 amide bonds. The standard InChI is InChI=1S/C6H10N2O2S/c1-4(11)8-5(9)2-7-3-6(8)10/h4,7,11H,2-3H2,1H3. The zero-order chi connectivity index (χ0) is 8.43. The minimum absolute atomic E-state index is 0.205. The van der Waals surface area contributed by atoms with E-state index in [1.807, 2.05) is 0 Å². The van der Waals surface area contributed by atoms with Gasteiger partial charge >= 0.3 is 0 Å². The Morgan fingerprint density at radius 2 is 1.91 bits per heavy atom. The van der Waals surface area contributed by atoms with Crippen LogP contribution in [0.3, 0.4) is 0 Å². The Hall–Kier alpha value is -0.550.